The standard InChI is InChI=1S/3C24H14F4O2/c3*25-17-7-9-19(21(27)13-17)23(29)11-5-15-1-2-16(4-3-15)6-12-24(30)20-10-8-18(26)14-22(20)28/h3*1-14H/b3*11-5+,12-6+. The van der Waals surface area contributed by atoms with Crippen molar-refractivity contribution >= 4 is 71.2 Å². The van der Waals surface area contributed by atoms with Crippen LogP contribution in [0.15, 0.2) is 218 Å². The summed E-state index contributed by atoms with van der Waals surface area (Å²) in [6.07, 6.45) is 15.8. The molecule has 0 saturated carbocycles. The van der Waals surface area contributed by atoms with Gasteiger partial charge in [-0.05, 0) is 143 Å². The molecule has 0 aliphatic rings. The summed E-state index contributed by atoms with van der Waals surface area (Å²) in [6.45, 7) is 0. The number of carbonyl (C=O) groups is 6. The maximum absolute atomic E-state index is 13.6. The minimum Gasteiger partial charge on any atom is -0.289 e. The molecule has 0 N–H and O–H groups in total. The van der Waals surface area contributed by atoms with Crippen molar-refractivity contribution in [1.29, 1.82) is 0 Å². The molecule has 0 fully saturated rings. The van der Waals surface area contributed by atoms with Crippen molar-refractivity contribution in [2.24, 2.45) is 0 Å². The molecule has 0 aliphatic heterocycles. The van der Waals surface area contributed by atoms with Gasteiger partial charge in [-0.3, -0.25) is 28.8 Å². The van der Waals surface area contributed by atoms with Crippen LogP contribution >= 0.6 is 0 Å². The van der Waals surface area contributed by atoms with Crippen molar-refractivity contribution in [3.8, 4) is 0 Å². The van der Waals surface area contributed by atoms with Crippen LogP contribution in [0.25, 0.3) is 36.5 Å². The number of hydrogen-bond acceptors (Lipinski definition) is 6. The Bertz CT molecular complexity index is 3650. The highest BCUT2D eigenvalue weighted by atomic mass is 19.2. The van der Waals surface area contributed by atoms with E-state index >= 15 is 0 Å². The number of halogens is 12. The largest absolute Gasteiger partial charge is 0.289 e. The summed E-state index contributed by atoms with van der Waals surface area (Å²) in [4.78, 5) is 72.2. The van der Waals surface area contributed by atoms with Crippen molar-refractivity contribution in [2.45, 2.75) is 0 Å². The summed E-state index contributed by atoms with van der Waals surface area (Å²) in [7, 11) is 0. The lowest BCUT2D eigenvalue weighted by atomic mass is 10.1. The second kappa shape index (κ2) is 31.3. The van der Waals surface area contributed by atoms with E-state index in [4.69, 9.17) is 0 Å². The lowest BCUT2D eigenvalue weighted by Gasteiger charge is -2.00. The van der Waals surface area contributed by atoms with Crippen LogP contribution in [0, 0.1) is 69.8 Å². The zero-order chi connectivity index (χ0) is 65.0. The first kappa shape index (κ1) is 66.1. The van der Waals surface area contributed by atoms with Crippen LogP contribution in [-0.2, 0) is 0 Å². The smallest absolute Gasteiger partial charge is 0.188 e. The van der Waals surface area contributed by atoms with E-state index in [0.29, 0.717) is 69.8 Å². The van der Waals surface area contributed by atoms with E-state index in [1.807, 2.05) is 0 Å². The van der Waals surface area contributed by atoms with E-state index in [1.54, 1.807) is 72.8 Å². The first-order valence-electron chi connectivity index (χ1n) is 26.3. The van der Waals surface area contributed by atoms with Gasteiger partial charge in [0, 0.05) is 36.4 Å². The van der Waals surface area contributed by atoms with Crippen LogP contribution in [-0.4, -0.2) is 34.7 Å². The maximum Gasteiger partial charge on any atom is 0.188 e. The molecule has 9 aromatic carbocycles. The lowest BCUT2D eigenvalue weighted by Crippen LogP contribution is -1.99. The highest BCUT2D eigenvalue weighted by Gasteiger charge is 2.15. The number of benzene rings is 9. The molecular weight excluding hydrogens is 1190 g/mol. The van der Waals surface area contributed by atoms with Crippen LogP contribution in [0.2, 0.25) is 0 Å². The van der Waals surface area contributed by atoms with Gasteiger partial charge in [-0.1, -0.05) is 109 Å². The first-order chi connectivity index (χ1) is 43.0. The third-order valence-corrected chi connectivity index (χ3v) is 12.6. The van der Waals surface area contributed by atoms with E-state index in [-0.39, 0.29) is 33.4 Å². The van der Waals surface area contributed by atoms with Gasteiger partial charge in [-0.25, -0.2) is 52.7 Å². The van der Waals surface area contributed by atoms with Gasteiger partial charge in [0.25, 0.3) is 0 Å². The third kappa shape index (κ3) is 19.3. The minimum absolute atomic E-state index is 0.237. The molecule has 0 saturated heterocycles. The van der Waals surface area contributed by atoms with Crippen LogP contribution in [0.5, 0.6) is 0 Å². The summed E-state index contributed by atoms with van der Waals surface area (Å²) in [6, 6.07) is 36.2. The zero-order valence-corrected chi connectivity index (χ0v) is 46.2. The van der Waals surface area contributed by atoms with E-state index in [9.17, 15) is 81.5 Å². The van der Waals surface area contributed by atoms with Crippen LogP contribution in [0.1, 0.15) is 95.5 Å². The van der Waals surface area contributed by atoms with Gasteiger partial charge in [0.2, 0.25) is 0 Å². The van der Waals surface area contributed by atoms with Gasteiger partial charge in [0.15, 0.2) is 34.7 Å². The van der Waals surface area contributed by atoms with Gasteiger partial charge in [0.1, 0.15) is 69.8 Å². The fourth-order valence-electron chi connectivity index (χ4n) is 7.86. The Morgan fingerprint density at radius 3 is 0.422 bits per heavy atom. The Hall–Kier alpha value is -11.4. The molecular formula is C72H42F12O6. The first-order valence-corrected chi connectivity index (χ1v) is 26.3. The summed E-state index contributed by atoms with van der Waals surface area (Å²) in [5.41, 5.74) is 2.40. The van der Waals surface area contributed by atoms with Gasteiger partial charge in [0.05, 0.1) is 33.4 Å². The zero-order valence-electron chi connectivity index (χ0n) is 46.2. The summed E-state index contributed by atoms with van der Waals surface area (Å²) < 4.78 is 159. The Labute approximate surface area is 505 Å². The molecule has 0 atom stereocenters. The minimum atomic E-state index is -0.938. The Morgan fingerprint density at radius 2 is 0.311 bits per heavy atom. The van der Waals surface area contributed by atoms with Crippen molar-refractivity contribution in [3.05, 3.63) is 355 Å². The average Bonchev–Trinajstić information content (AvgIpc) is 2.67. The topological polar surface area (TPSA) is 102 Å². The number of rotatable bonds is 18. The second-order valence-corrected chi connectivity index (χ2v) is 18.9. The number of hydrogen-bond donors (Lipinski definition) is 0. The van der Waals surface area contributed by atoms with E-state index in [1.165, 1.54) is 72.9 Å². The molecule has 0 aromatic heterocycles. The molecule has 0 bridgehead atoms. The predicted molar refractivity (Wildman–Crippen MR) is 318 cm³/mol. The molecule has 9 rings (SSSR count). The Morgan fingerprint density at radius 1 is 0.189 bits per heavy atom. The molecule has 9 aromatic rings. The monoisotopic (exact) mass is 1230 g/mol. The molecule has 0 aliphatic carbocycles. The molecule has 0 amide bonds. The van der Waals surface area contributed by atoms with E-state index in [2.05, 4.69) is 0 Å². The van der Waals surface area contributed by atoms with Crippen LogP contribution < -0.4 is 0 Å². The van der Waals surface area contributed by atoms with Crippen molar-refractivity contribution in [2.75, 3.05) is 0 Å². The summed E-state index contributed by atoms with van der Waals surface area (Å²) in [5, 5.41) is 0. The third-order valence-electron chi connectivity index (χ3n) is 12.6. The predicted octanol–water partition coefficient (Wildman–Crippen LogP) is 18.1. The molecule has 0 spiro atoms. The fourth-order valence-corrected chi connectivity index (χ4v) is 7.86. The molecule has 6 nitrogen and oxygen atoms in total. The normalized spacial score (nSPS) is 11.3. The van der Waals surface area contributed by atoms with Gasteiger partial charge in [-0.15, -0.1) is 0 Å². The molecule has 450 valence electrons. The maximum atomic E-state index is 13.6. The molecule has 0 unspecified atom stereocenters. The van der Waals surface area contributed by atoms with Gasteiger partial charge >= 0.3 is 0 Å². The van der Waals surface area contributed by atoms with Crippen LogP contribution in [0.4, 0.5) is 52.7 Å². The van der Waals surface area contributed by atoms with Crippen molar-refractivity contribution in [3.63, 3.8) is 0 Å². The molecule has 0 heterocycles. The molecule has 18 heteroatoms. The summed E-state index contributed by atoms with van der Waals surface area (Å²) in [5.74, 6) is -13.9. The average molecular weight is 1230 g/mol. The summed E-state index contributed by atoms with van der Waals surface area (Å²) >= 11 is 0. The van der Waals surface area contributed by atoms with E-state index in [0.717, 1.165) is 72.8 Å². The van der Waals surface area contributed by atoms with Crippen LogP contribution in [0.3, 0.4) is 0 Å². The van der Waals surface area contributed by atoms with Gasteiger partial charge < -0.3 is 0 Å². The molecule has 90 heavy (non-hydrogen) atoms. The Kier molecular flexibility index (Phi) is 23.0. The fraction of sp³-hybridized carbons (Fsp3) is 0. The van der Waals surface area contributed by atoms with E-state index < -0.39 is 105 Å². The highest BCUT2D eigenvalue weighted by molar-refractivity contribution is 6.10. The highest BCUT2D eigenvalue weighted by Crippen LogP contribution is 2.20. The Balaban J connectivity index is 0.000000192. The quantitative estimate of drug-likeness (QED) is 0.0482. The SMILES string of the molecule is O=C(/C=C/c1ccc(/C=C/C(=O)c2ccc(F)cc2F)cc1)c1ccc(F)cc1F.O=C(/C=C/c1ccc(/C=C/C(=O)c2ccc(F)cc2F)cc1)c1ccc(F)cc1F.O=C(/C=C/c1ccc(/C=C/C(=O)c2ccc(F)cc2F)cc1)c1ccc(F)cc1F. The second-order valence-electron chi connectivity index (χ2n) is 18.9. The van der Waals surface area contributed by atoms with Gasteiger partial charge in [-0.2, -0.15) is 0 Å². The van der Waals surface area contributed by atoms with Crippen molar-refractivity contribution < 1.29 is 81.5 Å². The lowest BCUT2D eigenvalue weighted by molar-refractivity contribution is 0.103. The number of ketones is 6. The van der Waals surface area contributed by atoms with Crippen molar-refractivity contribution in [1.82, 2.24) is 0 Å². The number of allylic oxidation sites excluding steroid dienone is 6. The molecule has 0 radical (unpaired) electrons. The number of carbonyl (C=O) groups excluding carboxylic acids is 6.